The van der Waals surface area contributed by atoms with Crippen LogP contribution in [0.4, 0.5) is 17.2 Å². The Morgan fingerprint density at radius 1 is 1.05 bits per heavy atom. The molecule has 1 aromatic rings. The zero-order chi connectivity index (χ0) is 13.8. The van der Waals surface area contributed by atoms with Gasteiger partial charge in [-0.25, -0.2) is 4.98 Å². The van der Waals surface area contributed by atoms with Crippen molar-refractivity contribution in [3.63, 3.8) is 0 Å². The first-order valence-corrected chi connectivity index (χ1v) is 7.25. The topological polar surface area (TPSA) is 81.4 Å². The third-order valence-electron chi connectivity index (χ3n) is 3.80. The smallest absolute Gasteiger partial charge is 0.128 e. The zero-order valence-corrected chi connectivity index (χ0v) is 11.6. The number of nitrogen functional groups attached to an aromatic ring is 1. The number of anilines is 3. The Kier molecular flexibility index (Phi) is 4.22. The fourth-order valence-electron chi connectivity index (χ4n) is 2.59. The van der Waals surface area contributed by atoms with E-state index in [2.05, 4.69) is 15.6 Å². The van der Waals surface area contributed by atoms with Crippen LogP contribution in [0, 0.1) is 0 Å². The van der Waals surface area contributed by atoms with Crippen LogP contribution >= 0.6 is 0 Å². The lowest BCUT2D eigenvalue weighted by Gasteiger charge is -2.24. The fraction of sp³-hybridized carbons (Fsp3) is 0.643. The van der Waals surface area contributed by atoms with Crippen molar-refractivity contribution >= 4 is 17.2 Å². The first kappa shape index (κ1) is 13.5. The van der Waals surface area contributed by atoms with Gasteiger partial charge in [0.2, 0.25) is 0 Å². The predicted molar refractivity (Wildman–Crippen MR) is 79.0 cm³/mol. The number of nitrogens with zero attached hydrogens (tertiary/aromatic N) is 1. The van der Waals surface area contributed by atoms with Crippen LogP contribution < -0.4 is 16.4 Å². The van der Waals surface area contributed by atoms with Crippen LogP contribution in [-0.4, -0.2) is 43.5 Å². The average molecular weight is 278 g/mol. The van der Waals surface area contributed by atoms with E-state index in [-0.39, 0.29) is 0 Å². The van der Waals surface area contributed by atoms with E-state index in [1.54, 1.807) is 6.20 Å². The minimum Gasteiger partial charge on any atom is -0.396 e. The van der Waals surface area contributed by atoms with E-state index in [0.29, 0.717) is 17.8 Å². The number of rotatable bonds is 4. The number of hydrogen-bond acceptors (Lipinski definition) is 6. The molecule has 4 N–H and O–H groups in total. The second-order valence-electron chi connectivity index (χ2n) is 5.39. The van der Waals surface area contributed by atoms with Crippen molar-refractivity contribution in [2.45, 2.75) is 31.3 Å². The summed E-state index contributed by atoms with van der Waals surface area (Å²) >= 11 is 0. The number of nitrogens with one attached hydrogen (secondary N) is 2. The molecule has 0 unspecified atom stereocenters. The van der Waals surface area contributed by atoms with Crippen LogP contribution in [0.2, 0.25) is 0 Å². The molecule has 2 saturated heterocycles. The summed E-state index contributed by atoms with van der Waals surface area (Å²) in [7, 11) is 0. The van der Waals surface area contributed by atoms with Gasteiger partial charge in [-0.1, -0.05) is 0 Å². The van der Waals surface area contributed by atoms with Gasteiger partial charge in [-0.3, -0.25) is 0 Å². The van der Waals surface area contributed by atoms with E-state index in [0.717, 1.165) is 57.2 Å². The second kappa shape index (κ2) is 6.28. The molecule has 6 nitrogen and oxygen atoms in total. The van der Waals surface area contributed by atoms with Crippen LogP contribution in [0.25, 0.3) is 0 Å². The molecule has 20 heavy (non-hydrogen) atoms. The Labute approximate surface area is 119 Å². The minimum atomic E-state index is 0.343. The zero-order valence-electron chi connectivity index (χ0n) is 11.6. The van der Waals surface area contributed by atoms with Gasteiger partial charge >= 0.3 is 0 Å². The Balaban J connectivity index is 1.65. The van der Waals surface area contributed by atoms with Crippen LogP contribution in [0.15, 0.2) is 12.3 Å². The first-order chi connectivity index (χ1) is 9.81. The molecule has 0 bridgehead atoms. The molecule has 6 heteroatoms. The summed E-state index contributed by atoms with van der Waals surface area (Å²) in [6.45, 7) is 3.19. The monoisotopic (exact) mass is 278 g/mol. The van der Waals surface area contributed by atoms with Crippen molar-refractivity contribution < 1.29 is 9.47 Å². The molecule has 2 fully saturated rings. The lowest BCUT2D eigenvalue weighted by molar-refractivity contribution is 0.0904. The highest BCUT2D eigenvalue weighted by Gasteiger charge is 2.18. The molecular formula is C14H22N4O2. The van der Waals surface area contributed by atoms with Gasteiger partial charge in [-0.2, -0.15) is 0 Å². The molecule has 1 aromatic heterocycles. The van der Waals surface area contributed by atoms with E-state index < -0.39 is 0 Å². The van der Waals surface area contributed by atoms with E-state index in [4.69, 9.17) is 15.2 Å². The molecule has 1 atom stereocenters. The molecule has 0 spiro atoms. The summed E-state index contributed by atoms with van der Waals surface area (Å²) in [6.07, 6.45) is 4.76. The van der Waals surface area contributed by atoms with E-state index in [9.17, 15) is 0 Å². The summed E-state index contributed by atoms with van der Waals surface area (Å²) in [5.74, 6) is 0.868. The highest BCUT2D eigenvalue weighted by molar-refractivity contribution is 5.69. The molecule has 3 heterocycles. The van der Waals surface area contributed by atoms with E-state index in [1.165, 1.54) is 0 Å². The molecule has 3 rings (SSSR count). The first-order valence-electron chi connectivity index (χ1n) is 7.25. The normalized spacial score (nSPS) is 23.7. The Bertz CT molecular complexity index is 443. The molecule has 0 aromatic carbocycles. The van der Waals surface area contributed by atoms with Gasteiger partial charge in [-0.05, 0) is 19.3 Å². The van der Waals surface area contributed by atoms with Gasteiger partial charge in [0.1, 0.15) is 5.82 Å². The van der Waals surface area contributed by atoms with Crippen molar-refractivity contribution in [2.24, 2.45) is 0 Å². The lowest BCUT2D eigenvalue weighted by Crippen LogP contribution is -2.28. The standard InChI is InChI=1S/C14H22N4O2/c15-12-8-16-14(18-10-1-4-19-5-2-10)7-13(12)17-11-3-6-20-9-11/h7-8,10-11H,1-6,9,15H2,(H2,16,17,18)/t11-/m0/s1. The molecule has 0 radical (unpaired) electrons. The number of nitrogens with two attached hydrogens (primary N) is 1. The maximum Gasteiger partial charge on any atom is 0.128 e. The third-order valence-corrected chi connectivity index (χ3v) is 3.80. The van der Waals surface area contributed by atoms with Crippen LogP contribution in [0.5, 0.6) is 0 Å². The van der Waals surface area contributed by atoms with Crippen LogP contribution in [0.3, 0.4) is 0 Å². The molecule has 0 saturated carbocycles. The number of aromatic nitrogens is 1. The van der Waals surface area contributed by atoms with Crippen molar-refractivity contribution in [1.82, 2.24) is 4.98 Å². The number of hydrogen-bond donors (Lipinski definition) is 3. The Morgan fingerprint density at radius 3 is 2.55 bits per heavy atom. The van der Waals surface area contributed by atoms with Gasteiger partial charge in [0.25, 0.3) is 0 Å². The molecule has 2 aliphatic rings. The molecule has 0 amide bonds. The maximum atomic E-state index is 5.99. The summed E-state index contributed by atoms with van der Waals surface area (Å²) in [5, 5.41) is 6.89. The van der Waals surface area contributed by atoms with Gasteiger partial charge in [0, 0.05) is 31.9 Å². The van der Waals surface area contributed by atoms with Gasteiger partial charge in [0.05, 0.1) is 30.2 Å². The predicted octanol–water partition coefficient (Wildman–Crippen LogP) is 1.46. The third kappa shape index (κ3) is 3.32. The van der Waals surface area contributed by atoms with Crippen molar-refractivity contribution in [3.8, 4) is 0 Å². The SMILES string of the molecule is Nc1cnc(NC2CCOCC2)cc1N[C@H]1CCOC1. The van der Waals surface area contributed by atoms with Crippen molar-refractivity contribution in [3.05, 3.63) is 12.3 Å². The number of ether oxygens (including phenoxy) is 2. The fourth-order valence-corrected chi connectivity index (χ4v) is 2.59. The highest BCUT2D eigenvalue weighted by Crippen LogP contribution is 2.24. The Morgan fingerprint density at radius 2 is 1.80 bits per heavy atom. The summed E-state index contributed by atoms with van der Waals surface area (Å²) in [4.78, 5) is 4.36. The van der Waals surface area contributed by atoms with E-state index in [1.807, 2.05) is 6.07 Å². The number of pyridine rings is 1. The van der Waals surface area contributed by atoms with Crippen molar-refractivity contribution in [1.29, 1.82) is 0 Å². The second-order valence-corrected chi connectivity index (χ2v) is 5.39. The van der Waals surface area contributed by atoms with Crippen LogP contribution in [0.1, 0.15) is 19.3 Å². The highest BCUT2D eigenvalue weighted by atomic mass is 16.5. The Hall–Kier alpha value is -1.53. The van der Waals surface area contributed by atoms with Gasteiger partial charge < -0.3 is 25.8 Å². The molecule has 0 aliphatic carbocycles. The van der Waals surface area contributed by atoms with Gasteiger partial charge in [-0.15, -0.1) is 0 Å². The minimum absolute atomic E-state index is 0.343. The largest absolute Gasteiger partial charge is 0.396 e. The molecule has 110 valence electrons. The lowest BCUT2D eigenvalue weighted by atomic mass is 10.1. The van der Waals surface area contributed by atoms with Gasteiger partial charge in [0.15, 0.2) is 0 Å². The average Bonchev–Trinajstić information content (AvgIpc) is 2.97. The summed E-state index contributed by atoms with van der Waals surface area (Å²) < 4.78 is 10.7. The quantitative estimate of drug-likeness (QED) is 0.773. The molecule has 2 aliphatic heterocycles. The maximum absolute atomic E-state index is 5.99. The van der Waals surface area contributed by atoms with Crippen LogP contribution in [-0.2, 0) is 9.47 Å². The summed E-state index contributed by atoms with van der Waals surface area (Å²) in [6, 6.07) is 2.77. The molecular weight excluding hydrogens is 256 g/mol. The summed E-state index contributed by atoms with van der Waals surface area (Å²) in [5.41, 5.74) is 7.60. The van der Waals surface area contributed by atoms with Crippen molar-refractivity contribution in [2.75, 3.05) is 42.8 Å². The van der Waals surface area contributed by atoms with E-state index >= 15 is 0 Å².